The first kappa shape index (κ1) is 16.9. The van der Waals surface area contributed by atoms with Gasteiger partial charge in [-0.3, -0.25) is 0 Å². The van der Waals surface area contributed by atoms with Crippen molar-refractivity contribution in [2.75, 3.05) is 19.5 Å². The number of methoxy groups -OCH3 is 2. The number of hydrogen-bond donors (Lipinski definition) is 1. The molecule has 0 amide bonds. The first-order valence-corrected chi connectivity index (χ1v) is 8.54. The summed E-state index contributed by atoms with van der Waals surface area (Å²) >= 11 is 0. The molecular formula is C21H19N3O3. The highest BCUT2D eigenvalue weighted by Gasteiger charge is 2.12. The van der Waals surface area contributed by atoms with E-state index >= 15 is 0 Å². The monoisotopic (exact) mass is 361 g/mol. The molecule has 0 saturated carbocycles. The molecular weight excluding hydrogens is 342 g/mol. The normalized spacial score (nSPS) is 10.7. The van der Waals surface area contributed by atoms with E-state index in [2.05, 4.69) is 15.3 Å². The Hall–Kier alpha value is -3.54. The molecule has 0 spiro atoms. The van der Waals surface area contributed by atoms with E-state index in [-0.39, 0.29) is 0 Å². The summed E-state index contributed by atoms with van der Waals surface area (Å²) in [6, 6.07) is 17.3. The highest BCUT2D eigenvalue weighted by Crippen LogP contribution is 2.28. The summed E-state index contributed by atoms with van der Waals surface area (Å²) in [5, 5.41) is 4.35. The maximum atomic E-state index is 5.48. The Balaban J connectivity index is 1.69. The molecule has 2 aromatic carbocycles. The number of aromatic nitrogens is 2. The third-order valence-corrected chi connectivity index (χ3v) is 4.29. The summed E-state index contributed by atoms with van der Waals surface area (Å²) in [7, 11) is 3.28. The van der Waals surface area contributed by atoms with Crippen LogP contribution in [0.3, 0.4) is 0 Å². The minimum atomic E-state index is 0.544. The van der Waals surface area contributed by atoms with Crippen molar-refractivity contribution in [2.24, 2.45) is 0 Å². The highest BCUT2D eigenvalue weighted by atomic mass is 16.5. The Morgan fingerprint density at radius 2 is 1.85 bits per heavy atom. The van der Waals surface area contributed by atoms with Crippen LogP contribution in [0.2, 0.25) is 0 Å². The largest absolute Gasteiger partial charge is 0.497 e. The van der Waals surface area contributed by atoms with Crippen LogP contribution in [0.1, 0.15) is 5.56 Å². The smallest absolute Gasteiger partial charge is 0.198 e. The lowest BCUT2D eigenvalue weighted by atomic mass is 10.1. The van der Waals surface area contributed by atoms with Gasteiger partial charge in [0.15, 0.2) is 11.6 Å². The van der Waals surface area contributed by atoms with Crippen LogP contribution in [0.4, 0.5) is 5.82 Å². The quantitative estimate of drug-likeness (QED) is 0.544. The predicted molar refractivity (Wildman–Crippen MR) is 104 cm³/mol. The minimum Gasteiger partial charge on any atom is -0.497 e. The van der Waals surface area contributed by atoms with Crippen molar-refractivity contribution in [1.29, 1.82) is 0 Å². The fourth-order valence-corrected chi connectivity index (χ4v) is 2.90. The van der Waals surface area contributed by atoms with Gasteiger partial charge in [-0.25, -0.2) is 9.97 Å². The Kier molecular flexibility index (Phi) is 4.61. The lowest BCUT2D eigenvalue weighted by Gasteiger charge is -2.13. The summed E-state index contributed by atoms with van der Waals surface area (Å²) in [6.45, 7) is 0.547. The fraction of sp³-hybridized carbons (Fsp3) is 0.143. The number of hydrogen-bond acceptors (Lipinski definition) is 6. The van der Waals surface area contributed by atoms with Gasteiger partial charge >= 0.3 is 0 Å². The van der Waals surface area contributed by atoms with E-state index in [1.54, 1.807) is 20.5 Å². The van der Waals surface area contributed by atoms with Crippen LogP contribution in [0.5, 0.6) is 11.5 Å². The van der Waals surface area contributed by atoms with Crippen LogP contribution in [-0.2, 0) is 6.54 Å². The van der Waals surface area contributed by atoms with E-state index in [9.17, 15) is 0 Å². The number of para-hydroxylation sites is 1. The standard InChI is InChI=1S/C21H19N3O3/c1-25-15-10-9-14(19(12-15)26-2)13-22-20-16-6-3-4-7-17(16)23-21(24-20)18-8-5-11-27-18/h3-12H,13H2,1-2H3,(H,22,23,24). The topological polar surface area (TPSA) is 69.4 Å². The second-order valence-corrected chi connectivity index (χ2v) is 5.92. The molecule has 4 aromatic rings. The number of ether oxygens (including phenoxy) is 2. The zero-order valence-electron chi connectivity index (χ0n) is 15.1. The molecule has 2 heterocycles. The molecule has 0 radical (unpaired) electrons. The average Bonchev–Trinajstić information content (AvgIpc) is 3.26. The van der Waals surface area contributed by atoms with Crippen LogP contribution in [0.25, 0.3) is 22.5 Å². The van der Waals surface area contributed by atoms with Crippen molar-refractivity contribution in [2.45, 2.75) is 6.54 Å². The van der Waals surface area contributed by atoms with E-state index < -0.39 is 0 Å². The van der Waals surface area contributed by atoms with Gasteiger partial charge in [-0.15, -0.1) is 0 Å². The maximum absolute atomic E-state index is 5.48. The van der Waals surface area contributed by atoms with Gasteiger partial charge < -0.3 is 19.2 Å². The predicted octanol–water partition coefficient (Wildman–Crippen LogP) is 4.52. The minimum absolute atomic E-state index is 0.544. The van der Waals surface area contributed by atoms with Crippen LogP contribution >= 0.6 is 0 Å². The average molecular weight is 361 g/mol. The van der Waals surface area contributed by atoms with Gasteiger partial charge in [-0.1, -0.05) is 12.1 Å². The number of rotatable bonds is 6. The number of benzene rings is 2. The summed E-state index contributed by atoms with van der Waals surface area (Å²) in [5.41, 5.74) is 1.85. The van der Waals surface area contributed by atoms with Crippen LogP contribution in [0.15, 0.2) is 65.3 Å². The van der Waals surface area contributed by atoms with E-state index in [4.69, 9.17) is 13.9 Å². The molecule has 2 aromatic heterocycles. The van der Waals surface area contributed by atoms with Gasteiger partial charge in [0, 0.05) is 23.6 Å². The van der Waals surface area contributed by atoms with Gasteiger partial charge in [0.25, 0.3) is 0 Å². The molecule has 6 nitrogen and oxygen atoms in total. The van der Waals surface area contributed by atoms with E-state index in [0.717, 1.165) is 33.8 Å². The number of fused-ring (bicyclic) bond motifs is 1. The molecule has 0 atom stereocenters. The molecule has 0 unspecified atom stereocenters. The molecule has 0 saturated heterocycles. The first-order chi connectivity index (χ1) is 13.3. The molecule has 0 bridgehead atoms. The van der Waals surface area contributed by atoms with Crippen molar-refractivity contribution in [3.63, 3.8) is 0 Å². The molecule has 0 aliphatic rings. The second-order valence-electron chi connectivity index (χ2n) is 5.92. The number of anilines is 1. The van der Waals surface area contributed by atoms with Crippen molar-refractivity contribution in [3.05, 3.63) is 66.4 Å². The van der Waals surface area contributed by atoms with Gasteiger partial charge in [-0.2, -0.15) is 0 Å². The van der Waals surface area contributed by atoms with E-state index in [1.165, 1.54) is 0 Å². The Morgan fingerprint density at radius 3 is 2.63 bits per heavy atom. The van der Waals surface area contributed by atoms with Gasteiger partial charge in [0.05, 0.1) is 26.0 Å². The van der Waals surface area contributed by atoms with Crippen molar-refractivity contribution in [1.82, 2.24) is 9.97 Å². The number of furan rings is 1. The van der Waals surface area contributed by atoms with Crippen molar-refractivity contribution < 1.29 is 13.9 Å². The van der Waals surface area contributed by atoms with Gasteiger partial charge in [0.2, 0.25) is 0 Å². The highest BCUT2D eigenvalue weighted by molar-refractivity contribution is 5.90. The van der Waals surface area contributed by atoms with Crippen LogP contribution < -0.4 is 14.8 Å². The van der Waals surface area contributed by atoms with Crippen molar-refractivity contribution >= 4 is 16.7 Å². The summed E-state index contributed by atoms with van der Waals surface area (Å²) in [5.74, 6) is 3.42. The van der Waals surface area contributed by atoms with E-state index in [1.807, 2.05) is 54.6 Å². The van der Waals surface area contributed by atoms with Crippen molar-refractivity contribution in [3.8, 4) is 23.1 Å². The Labute approximate surface area is 156 Å². The Morgan fingerprint density at radius 1 is 0.963 bits per heavy atom. The SMILES string of the molecule is COc1ccc(CNc2nc(-c3ccco3)nc3ccccc23)c(OC)c1. The molecule has 0 fully saturated rings. The molecule has 27 heavy (non-hydrogen) atoms. The molecule has 1 N–H and O–H groups in total. The number of nitrogens with one attached hydrogen (secondary N) is 1. The maximum Gasteiger partial charge on any atom is 0.198 e. The molecule has 6 heteroatoms. The van der Waals surface area contributed by atoms with Crippen LogP contribution in [0, 0.1) is 0 Å². The third kappa shape index (κ3) is 3.42. The zero-order valence-corrected chi connectivity index (χ0v) is 15.1. The first-order valence-electron chi connectivity index (χ1n) is 8.54. The zero-order chi connectivity index (χ0) is 18.6. The number of nitrogens with zero attached hydrogens (tertiary/aromatic N) is 2. The lowest BCUT2D eigenvalue weighted by Crippen LogP contribution is -2.05. The molecule has 4 rings (SSSR count). The van der Waals surface area contributed by atoms with Gasteiger partial charge in [0.1, 0.15) is 17.3 Å². The van der Waals surface area contributed by atoms with E-state index in [0.29, 0.717) is 18.1 Å². The fourth-order valence-electron chi connectivity index (χ4n) is 2.90. The second kappa shape index (κ2) is 7.37. The third-order valence-electron chi connectivity index (χ3n) is 4.29. The van der Waals surface area contributed by atoms with Gasteiger partial charge in [-0.05, 0) is 36.4 Å². The van der Waals surface area contributed by atoms with Crippen LogP contribution in [-0.4, -0.2) is 24.2 Å². The Bertz CT molecular complexity index is 1060. The summed E-state index contributed by atoms with van der Waals surface area (Å²) in [6.07, 6.45) is 1.61. The molecule has 0 aliphatic carbocycles. The summed E-state index contributed by atoms with van der Waals surface area (Å²) < 4.78 is 16.2. The molecule has 136 valence electrons. The summed E-state index contributed by atoms with van der Waals surface area (Å²) in [4.78, 5) is 9.27. The lowest BCUT2D eigenvalue weighted by molar-refractivity contribution is 0.391. The molecule has 0 aliphatic heterocycles.